The lowest BCUT2D eigenvalue weighted by Crippen LogP contribution is -1.98. The third kappa shape index (κ3) is 2.47. The number of para-hydroxylation sites is 2. The molecule has 0 aliphatic heterocycles. The summed E-state index contributed by atoms with van der Waals surface area (Å²) in [6, 6.07) is 31.2. The van der Waals surface area contributed by atoms with Gasteiger partial charge in [0.15, 0.2) is 0 Å². The Morgan fingerprint density at radius 1 is 0.679 bits per heavy atom. The minimum absolute atomic E-state index is 0.102. The first kappa shape index (κ1) is 16.3. The van der Waals surface area contributed by atoms with Crippen LogP contribution in [0.3, 0.4) is 0 Å². The summed E-state index contributed by atoms with van der Waals surface area (Å²) >= 11 is 0. The van der Waals surface area contributed by atoms with E-state index in [9.17, 15) is 10.1 Å². The number of hydrogen-bond acceptors (Lipinski definition) is 2. The molecule has 5 rings (SSSR count). The Morgan fingerprint density at radius 2 is 1.25 bits per heavy atom. The minimum atomic E-state index is -0.306. The summed E-state index contributed by atoms with van der Waals surface area (Å²) in [5.74, 6) is 0. The Bertz CT molecular complexity index is 1280. The second kappa shape index (κ2) is 6.35. The molecule has 134 valence electrons. The summed E-state index contributed by atoms with van der Waals surface area (Å²) in [4.78, 5) is 11.5. The third-order valence-corrected chi connectivity index (χ3v) is 5.10. The fraction of sp³-hybridized carbons (Fsp3) is 0. The van der Waals surface area contributed by atoms with Crippen LogP contribution < -0.4 is 0 Å². The molecule has 0 spiro atoms. The molecule has 0 radical (unpaired) electrons. The molecule has 4 nitrogen and oxygen atoms in total. The van der Waals surface area contributed by atoms with E-state index < -0.39 is 0 Å². The van der Waals surface area contributed by atoms with Crippen LogP contribution in [0.1, 0.15) is 0 Å². The molecule has 0 bridgehead atoms. The molecule has 4 aromatic carbocycles. The van der Waals surface area contributed by atoms with Crippen molar-refractivity contribution in [3.63, 3.8) is 0 Å². The van der Waals surface area contributed by atoms with Crippen molar-refractivity contribution in [3.05, 3.63) is 107 Å². The molecule has 0 aliphatic rings. The van der Waals surface area contributed by atoms with E-state index in [-0.39, 0.29) is 10.6 Å². The van der Waals surface area contributed by atoms with E-state index in [1.165, 1.54) is 0 Å². The fourth-order valence-electron chi connectivity index (χ4n) is 3.87. The Kier molecular flexibility index (Phi) is 3.69. The van der Waals surface area contributed by atoms with Gasteiger partial charge in [-0.05, 0) is 29.8 Å². The molecule has 0 N–H and O–H groups in total. The molecule has 5 aromatic rings. The molecule has 0 aliphatic carbocycles. The minimum Gasteiger partial charge on any atom is -0.309 e. The van der Waals surface area contributed by atoms with Crippen LogP contribution in [0.5, 0.6) is 0 Å². The second-order valence-corrected chi connectivity index (χ2v) is 6.69. The van der Waals surface area contributed by atoms with Gasteiger partial charge in [0.1, 0.15) is 0 Å². The van der Waals surface area contributed by atoms with Crippen LogP contribution in [0, 0.1) is 10.1 Å². The van der Waals surface area contributed by atoms with Crippen molar-refractivity contribution in [1.82, 2.24) is 4.57 Å². The summed E-state index contributed by atoms with van der Waals surface area (Å²) in [5, 5.41) is 14.1. The zero-order valence-electron chi connectivity index (χ0n) is 14.9. The van der Waals surface area contributed by atoms with Crippen LogP contribution in [-0.2, 0) is 0 Å². The van der Waals surface area contributed by atoms with Gasteiger partial charge in [-0.1, -0.05) is 66.7 Å². The number of rotatable bonds is 3. The Hall–Kier alpha value is -3.92. The van der Waals surface area contributed by atoms with Crippen molar-refractivity contribution in [1.29, 1.82) is 0 Å². The number of fused-ring (bicyclic) bond motifs is 3. The molecule has 0 fully saturated rings. The lowest BCUT2D eigenvalue weighted by Gasteiger charge is -2.10. The quantitative estimate of drug-likeness (QED) is 0.276. The monoisotopic (exact) mass is 364 g/mol. The molecule has 0 atom stereocenters. The Balaban J connectivity index is 1.81. The van der Waals surface area contributed by atoms with E-state index in [4.69, 9.17) is 0 Å². The van der Waals surface area contributed by atoms with Crippen LogP contribution >= 0.6 is 0 Å². The van der Waals surface area contributed by atoms with Gasteiger partial charge in [-0.15, -0.1) is 0 Å². The molecule has 0 unspecified atom stereocenters. The molecule has 0 saturated heterocycles. The van der Waals surface area contributed by atoms with Gasteiger partial charge >= 0.3 is 0 Å². The highest BCUT2D eigenvalue weighted by Crippen LogP contribution is 2.36. The molecule has 1 aromatic heterocycles. The van der Waals surface area contributed by atoms with Crippen molar-refractivity contribution in [3.8, 4) is 16.8 Å². The number of nitro benzene ring substituents is 1. The number of hydrogen-bond donors (Lipinski definition) is 0. The van der Waals surface area contributed by atoms with Gasteiger partial charge in [-0.3, -0.25) is 10.1 Å². The Morgan fingerprint density at radius 3 is 1.86 bits per heavy atom. The molecule has 28 heavy (non-hydrogen) atoms. The molecule has 1 heterocycles. The van der Waals surface area contributed by atoms with Crippen LogP contribution in [-0.4, -0.2) is 9.49 Å². The van der Waals surface area contributed by atoms with E-state index in [0.717, 1.165) is 33.1 Å². The van der Waals surface area contributed by atoms with Crippen molar-refractivity contribution in [2.75, 3.05) is 0 Å². The van der Waals surface area contributed by atoms with Crippen LogP contribution in [0.4, 0.5) is 5.69 Å². The summed E-state index contributed by atoms with van der Waals surface area (Å²) < 4.78 is 2.09. The van der Waals surface area contributed by atoms with E-state index in [1.54, 1.807) is 6.07 Å². The van der Waals surface area contributed by atoms with Gasteiger partial charge in [-0.2, -0.15) is 0 Å². The standard InChI is InChI=1S/C24H16N2O2/c27-26(28)24-16-18(14-15-19(24)17-8-2-1-3-9-17)25-22-12-6-4-10-20(22)21-11-5-7-13-23(21)25/h1-16H. The molecular weight excluding hydrogens is 348 g/mol. The number of nitro groups is 1. The average Bonchev–Trinajstić information content (AvgIpc) is 3.08. The summed E-state index contributed by atoms with van der Waals surface area (Å²) in [6.45, 7) is 0. The largest absolute Gasteiger partial charge is 0.309 e. The summed E-state index contributed by atoms with van der Waals surface area (Å²) in [7, 11) is 0. The summed E-state index contributed by atoms with van der Waals surface area (Å²) in [5.41, 5.74) is 4.41. The Labute approximate surface area is 161 Å². The predicted molar refractivity (Wildman–Crippen MR) is 113 cm³/mol. The maximum Gasteiger partial charge on any atom is 0.279 e. The van der Waals surface area contributed by atoms with Gasteiger partial charge in [0.05, 0.1) is 27.2 Å². The number of aromatic nitrogens is 1. The van der Waals surface area contributed by atoms with Gasteiger partial charge in [0, 0.05) is 16.8 Å². The second-order valence-electron chi connectivity index (χ2n) is 6.69. The first-order valence-corrected chi connectivity index (χ1v) is 9.06. The van der Waals surface area contributed by atoms with E-state index in [2.05, 4.69) is 16.7 Å². The van der Waals surface area contributed by atoms with Gasteiger partial charge in [-0.25, -0.2) is 0 Å². The van der Waals surface area contributed by atoms with Crippen LogP contribution in [0.15, 0.2) is 97.1 Å². The first-order chi connectivity index (χ1) is 13.7. The smallest absolute Gasteiger partial charge is 0.279 e. The average molecular weight is 364 g/mol. The number of benzene rings is 4. The topological polar surface area (TPSA) is 48.1 Å². The lowest BCUT2D eigenvalue weighted by atomic mass is 10.0. The van der Waals surface area contributed by atoms with Crippen molar-refractivity contribution in [2.45, 2.75) is 0 Å². The molecule has 0 saturated carbocycles. The van der Waals surface area contributed by atoms with Crippen molar-refractivity contribution in [2.24, 2.45) is 0 Å². The highest BCUT2D eigenvalue weighted by Gasteiger charge is 2.19. The maximum absolute atomic E-state index is 11.8. The van der Waals surface area contributed by atoms with E-state index >= 15 is 0 Å². The van der Waals surface area contributed by atoms with Crippen LogP contribution in [0.2, 0.25) is 0 Å². The van der Waals surface area contributed by atoms with Crippen molar-refractivity contribution >= 4 is 27.5 Å². The molecule has 4 heteroatoms. The van der Waals surface area contributed by atoms with Gasteiger partial charge in [0.2, 0.25) is 0 Å². The third-order valence-electron chi connectivity index (χ3n) is 5.10. The SMILES string of the molecule is O=[N+]([O-])c1cc(-n2c3ccccc3c3ccccc32)ccc1-c1ccccc1. The van der Waals surface area contributed by atoms with Crippen LogP contribution in [0.25, 0.3) is 38.6 Å². The van der Waals surface area contributed by atoms with Gasteiger partial charge in [0.25, 0.3) is 5.69 Å². The summed E-state index contributed by atoms with van der Waals surface area (Å²) in [6.07, 6.45) is 0. The van der Waals surface area contributed by atoms with Crippen molar-refractivity contribution < 1.29 is 4.92 Å². The first-order valence-electron chi connectivity index (χ1n) is 9.06. The van der Waals surface area contributed by atoms with E-state index in [1.807, 2.05) is 78.9 Å². The maximum atomic E-state index is 11.8. The number of nitrogens with zero attached hydrogens (tertiary/aromatic N) is 2. The molecular formula is C24H16N2O2. The lowest BCUT2D eigenvalue weighted by molar-refractivity contribution is -0.384. The highest BCUT2D eigenvalue weighted by molar-refractivity contribution is 6.09. The predicted octanol–water partition coefficient (Wildman–Crippen LogP) is 6.36. The normalized spacial score (nSPS) is 11.1. The fourth-order valence-corrected chi connectivity index (χ4v) is 3.87. The van der Waals surface area contributed by atoms with Gasteiger partial charge < -0.3 is 4.57 Å². The highest BCUT2D eigenvalue weighted by atomic mass is 16.6. The van der Waals surface area contributed by atoms with E-state index in [0.29, 0.717) is 5.56 Å². The molecule has 0 amide bonds. The zero-order chi connectivity index (χ0) is 19.1. The zero-order valence-corrected chi connectivity index (χ0v) is 14.9.